The summed E-state index contributed by atoms with van der Waals surface area (Å²) in [6.07, 6.45) is 1.13. The molecule has 0 heterocycles. The van der Waals surface area contributed by atoms with E-state index >= 15 is 0 Å². The van der Waals surface area contributed by atoms with Gasteiger partial charge >= 0.3 is 0 Å². The molecule has 0 aliphatic carbocycles. The predicted molar refractivity (Wildman–Crippen MR) is 37.9 cm³/mol. The average Bonchev–Trinajstić information content (AvgIpc) is 1.82. The highest BCUT2D eigenvalue weighted by Crippen LogP contribution is 1.92. The molecular formula is C6H16N2O. The second-order valence-electron chi connectivity index (χ2n) is 2.10. The van der Waals surface area contributed by atoms with Crippen molar-refractivity contribution in [1.82, 2.24) is 10.4 Å². The Morgan fingerprint density at radius 2 is 2.11 bits per heavy atom. The summed E-state index contributed by atoms with van der Waals surface area (Å²) in [6.45, 7) is 2.07. The summed E-state index contributed by atoms with van der Waals surface area (Å²) in [6, 6.07) is 0. The van der Waals surface area contributed by atoms with E-state index in [2.05, 4.69) is 12.2 Å². The Balaban J connectivity index is 3.31. The molecule has 3 nitrogen and oxygen atoms in total. The van der Waals surface area contributed by atoms with Gasteiger partial charge in [0.25, 0.3) is 0 Å². The van der Waals surface area contributed by atoms with Crippen LogP contribution in [0.2, 0.25) is 0 Å². The summed E-state index contributed by atoms with van der Waals surface area (Å²) in [5, 5.41) is 4.72. The van der Waals surface area contributed by atoms with Crippen LogP contribution in [-0.2, 0) is 4.84 Å². The SMILES string of the molecule is CCC(NC)ON(C)C. The van der Waals surface area contributed by atoms with E-state index in [4.69, 9.17) is 4.84 Å². The summed E-state index contributed by atoms with van der Waals surface area (Å²) < 4.78 is 0. The molecule has 0 saturated heterocycles. The number of nitrogens with one attached hydrogen (secondary N) is 1. The van der Waals surface area contributed by atoms with Crippen molar-refractivity contribution in [2.24, 2.45) is 0 Å². The summed E-state index contributed by atoms with van der Waals surface area (Å²) in [5.74, 6) is 0. The van der Waals surface area contributed by atoms with Gasteiger partial charge in [-0.3, -0.25) is 10.2 Å². The summed E-state index contributed by atoms with van der Waals surface area (Å²) in [7, 11) is 5.64. The minimum Gasteiger partial charge on any atom is -0.294 e. The van der Waals surface area contributed by atoms with Gasteiger partial charge in [-0.05, 0) is 13.5 Å². The first-order valence-corrected chi connectivity index (χ1v) is 3.22. The molecule has 0 aromatic carbocycles. The Morgan fingerprint density at radius 3 is 2.22 bits per heavy atom. The Labute approximate surface area is 56.9 Å². The molecule has 0 aliphatic rings. The van der Waals surface area contributed by atoms with Crippen molar-refractivity contribution in [2.75, 3.05) is 21.1 Å². The lowest BCUT2D eigenvalue weighted by atomic mass is 10.4. The van der Waals surface area contributed by atoms with Gasteiger partial charge in [0, 0.05) is 14.1 Å². The topological polar surface area (TPSA) is 24.5 Å². The first-order valence-electron chi connectivity index (χ1n) is 3.22. The van der Waals surface area contributed by atoms with Gasteiger partial charge in [-0.1, -0.05) is 6.92 Å². The Kier molecular flexibility index (Phi) is 4.67. The van der Waals surface area contributed by atoms with Crippen LogP contribution in [-0.4, -0.2) is 32.4 Å². The highest BCUT2D eigenvalue weighted by Gasteiger charge is 2.02. The quantitative estimate of drug-likeness (QED) is 0.443. The van der Waals surface area contributed by atoms with Gasteiger partial charge < -0.3 is 0 Å². The molecule has 1 N–H and O–H groups in total. The zero-order chi connectivity index (χ0) is 7.28. The van der Waals surface area contributed by atoms with Crippen LogP contribution in [0.4, 0.5) is 0 Å². The van der Waals surface area contributed by atoms with E-state index in [-0.39, 0.29) is 6.23 Å². The maximum atomic E-state index is 5.27. The summed E-state index contributed by atoms with van der Waals surface area (Å²) in [4.78, 5) is 5.27. The van der Waals surface area contributed by atoms with Crippen LogP contribution in [0.3, 0.4) is 0 Å². The molecule has 9 heavy (non-hydrogen) atoms. The number of hydroxylamine groups is 2. The standard InChI is InChI=1S/C6H16N2O/c1-5-6(7-2)9-8(3)4/h6-7H,5H2,1-4H3. The highest BCUT2D eigenvalue weighted by molar-refractivity contribution is 4.43. The van der Waals surface area contributed by atoms with E-state index in [1.165, 1.54) is 0 Å². The molecule has 0 amide bonds. The molecule has 0 radical (unpaired) electrons. The fourth-order valence-electron chi connectivity index (χ4n) is 0.586. The fourth-order valence-corrected chi connectivity index (χ4v) is 0.586. The van der Waals surface area contributed by atoms with E-state index in [1.807, 2.05) is 21.1 Å². The Bertz CT molecular complexity index is 62.1. The molecule has 0 saturated carbocycles. The number of nitrogens with zero attached hydrogens (tertiary/aromatic N) is 1. The number of hydrogen-bond donors (Lipinski definition) is 1. The third-order valence-corrected chi connectivity index (χ3v) is 1.03. The van der Waals surface area contributed by atoms with E-state index in [0.717, 1.165) is 6.42 Å². The molecule has 0 aromatic heterocycles. The average molecular weight is 132 g/mol. The van der Waals surface area contributed by atoms with Crippen LogP contribution in [0, 0.1) is 0 Å². The van der Waals surface area contributed by atoms with Gasteiger partial charge in [-0.25, -0.2) is 0 Å². The van der Waals surface area contributed by atoms with Crippen LogP contribution in [0.1, 0.15) is 13.3 Å². The van der Waals surface area contributed by atoms with E-state index < -0.39 is 0 Å². The third-order valence-electron chi connectivity index (χ3n) is 1.03. The van der Waals surface area contributed by atoms with Crippen LogP contribution in [0.25, 0.3) is 0 Å². The molecule has 0 aromatic rings. The molecule has 0 spiro atoms. The van der Waals surface area contributed by atoms with Crippen LogP contribution < -0.4 is 5.32 Å². The van der Waals surface area contributed by atoms with Crippen LogP contribution in [0.15, 0.2) is 0 Å². The maximum absolute atomic E-state index is 5.27. The van der Waals surface area contributed by atoms with Crippen molar-refractivity contribution in [3.8, 4) is 0 Å². The number of hydrogen-bond acceptors (Lipinski definition) is 3. The molecule has 0 aliphatic heterocycles. The normalized spacial score (nSPS) is 14.3. The largest absolute Gasteiger partial charge is 0.294 e. The number of rotatable bonds is 4. The lowest BCUT2D eigenvalue weighted by Gasteiger charge is -2.18. The van der Waals surface area contributed by atoms with Crippen LogP contribution >= 0.6 is 0 Å². The first-order chi connectivity index (χ1) is 4.20. The monoisotopic (exact) mass is 132 g/mol. The van der Waals surface area contributed by atoms with Gasteiger partial charge in [0.15, 0.2) is 0 Å². The summed E-state index contributed by atoms with van der Waals surface area (Å²) >= 11 is 0. The van der Waals surface area contributed by atoms with Crippen molar-refractivity contribution in [3.63, 3.8) is 0 Å². The van der Waals surface area contributed by atoms with E-state index in [9.17, 15) is 0 Å². The van der Waals surface area contributed by atoms with Crippen molar-refractivity contribution in [2.45, 2.75) is 19.6 Å². The van der Waals surface area contributed by atoms with Crippen LogP contribution in [0.5, 0.6) is 0 Å². The minimum absolute atomic E-state index is 0.153. The molecule has 1 atom stereocenters. The van der Waals surface area contributed by atoms with Gasteiger partial charge in [0.1, 0.15) is 6.23 Å². The summed E-state index contributed by atoms with van der Waals surface area (Å²) in [5.41, 5.74) is 0. The molecular weight excluding hydrogens is 116 g/mol. The molecule has 0 fully saturated rings. The van der Waals surface area contributed by atoms with Gasteiger partial charge in [0.05, 0.1) is 0 Å². The maximum Gasteiger partial charge on any atom is 0.129 e. The van der Waals surface area contributed by atoms with E-state index in [1.54, 1.807) is 5.06 Å². The zero-order valence-electron chi connectivity index (χ0n) is 6.64. The van der Waals surface area contributed by atoms with E-state index in [0.29, 0.717) is 0 Å². The van der Waals surface area contributed by atoms with Crippen molar-refractivity contribution in [1.29, 1.82) is 0 Å². The fraction of sp³-hybridized carbons (Fsp3) is 1.00. The second-order valence-corrected chi connectivity index (χ2v) is 2.10. The molecule has 0 bridgehead atoms. The lowest BCUT2D eigenvalue weighted by molar-refractivity contribution is -0.173. The Morgan fingerprint density at radius 1 is 1.56 bits per heavy atom. The predicted octanol–water partition coefficient (Wildman–Crippen LogP) is 0.435. The Hall–Kier alpha value is -0.120. The zero-order valence-corrected chi connectivity index (χ0v) is 6.64. The second kappa shape index (κ2) is 4.73. The molecule has 0 rings (SSSR count). The molecule has 1 unspecified atom stereocenters. The van der Waals surface area contributed by atoms with Gasteiger partial charge in [-0.15, -0.1) is 0 Å². The minimum atomic E-state index is 0.153. The van der Waals surface area contributed by atoms with Crippen molar-refractivity contribution >= 4 is 0 Å². The molecule has 56 valence electrons. The van der Waals surface area contributed by atoms with Gasteiger partial charge in [-0.2, -0.15) is 5.06 Å². The molecule has 3 heteroatoms. The third kappa shape index (κ3) is 4.39. The van der Waals surface area contributed by atoms with Gasteiger partial charge in [0.2, 0.25) is 0 Å². The first kappa shape index (κ1) is 8.88. The van der Waals surface area contributed by atoms with Crippen molar-refractivity contribution in [3.05, 3.63) is 0 Å². The highest BCUT2D eigenvalue weighted by atomic mass is 16.7. The van der Waals surface area contributed by atoms with Crippen molar-refractivity contribution < 1.29 is 4.84 Å². The smallest absolute Gasteiger partial charge is 0.129 e. The lowest BCUT2D eigenvalue weighted by Crippen LogP contribution is -2.32.